The predicted octanol–water partition coefficient (Wildman–Crippen LogP) is 18.8. The molecule has 0 saturated heterocycles. The van der Waals surface area contributed by atoms with Gasteiger partial charge >= 0.3 is 6.03 Å². The van der Waals surface area contributed by atoms with Gasteiger partial charge in [0.1, 0.15) is 34.8 Å². The van der Waals surface area contributed by atoms with Gasteiger partial charge in [-0.3, -0.25) is 42.5 Å². The molecule has 3 saturated carbocycles. The van der Waals surface area contributed by atoms with Crippen molar-refractivity contribution in [3.8, 4) is 62.8 Å². The van der Waals surface area contributed by atoms with E-state index in [1.165, 1.54) is 81.1 Å². The number of nitrogens with zero attached hydrogens (tertiary/aromatic N) is 13. The van der Waals surface area contributed by atoms with Crippen LogP contribution in [0.15, 0.2) is 256 Å². The minimum atomic E-state index is -1.30. The number of aromatic hydroxyl groups is 1. The highest BCUT2D eigenvalue weighted by molar-refractivity contribution is 7.99. The Hall–Kier alpha value is -14.8. The largest absolute Gasteiger partial charge is 0.506 e. The molecule has 5 amide bonds. The molecule has 7 heterocycles. The third-order valence-corrected chi connectivity index (χ3v) is 26.8. The Morgan fingerprint density at radius 2 is 1.46 bits per heavy atom. The van der Waals surface area contributed by atoms with E-state index in [1.807, 2.05) is 103 Å². The van der Waals surface area contributed by atoms with Gasteiger partial charge in [-0.15, -0.1) is 22.0 Å². The number of carbonyl (C=O) groups is 5. The molecule has 15 aromatic rings. The summed E-state index contributed by atoms with van der Waals surface area (Å²) >= 11 is 9.64. The number of urea groups is 1. The number of phenols is 1. The highest BCUT2D eigenvalue weighted by Crippen LogP contribution is 2.49. The van der Waals surface area contributed by atoms with E-state index >= 15 is 0 Å². The fraction of sp³-hybridized carbons (Fsp3) is 0.250. The Bertz CT molecular complexity index is 7280. The van der Waals surface area contributed by atoms with Crippen LogP contribution >= 0.6 is 35.1 Å². The number of anilines is 4. The van der Waals surface area contributed by atoms with Gasteiger partial charge in [-0.25, -0.2) is 37.9 Å². The molecular formula is C104H104ClF2N21O8S3. The van der Waals surface area contributed by atoms with Crippen LogP contribution in [0.1, 0.15) is 162 Å². The maximum absolute atomic E-state index is 14.8. The molecule has 10 N–H and O–H groups in total. The molecule has 18 rings (SSSR count). The monoisotopic (exact) mass is 1940 g/mol. The number of hydrogen-bond donors (Lipinski definition) is 9. The lowest BCUT2D eigenvalue weighted by atomic mass is 9.92. The van der Waals surface area contributed by atoms with E-state index in [-0.39, 0.29) is 97.5 Å². The maximum Gasteiger partial charge on any atom is 0.320 e. The zero-order chi connectivity index (χ0) is 98.5. The van der Waals surface area contributed by atoms with Gasteiger partial charge in [0.25, 0.3) is 17.4 Å². The SMILES string of the molecule is CC(=O)Nc1cc(-c2c(-c3ccc(F)cc3)nc(S(C)=O)n2C)ccn1.CCCSc1ccccc1-c1nnc2ccc(Sc3ccccc3CNC(=O)Nc3cc(C(C)(C)C)nn3-c3ccc(O)c(Cl)c3)cn12.CNCCCc1ccccc1C1(Nc2nccn(-c3cc(C(=O)NC4CC4)cc(F)c3C)c2=O)CC1.Cc1ccc(C(=O)NC2CC2)cc1-n1ncc(C(=O)c2cccc(C#N)c2)c1N. The number of carbonyl (C=O) groups excluding carboxylic acids is 5. The standard InChI is InChI=1S/C36H36ClN7O2S2.C28H32FN5O2.C22H19N5O2.C18H17FN4O2S/c1-5-18-47-30-13-9-7-11-26(30)34-41-40-32-17-15-25(22-43(32)34)48-29-12-8-6-10-23(29)21-38-35(46)39-33-20-31(36(2,3)4)42-44(33)24-14-16-28(45)27(37)19-24;1-18-23(29)16-20(26(35)32-21-9-10-21)17-24(18)34-15-14-31-25(27(34)36)33-28(11-12-28)22-8-4-3-6-19(22)7-5-13-30-2;1-13-5-6-16(22(29)26-17-7-8-17)10-19(13)27-21(24)18(12-25-27)20(28)15-4-2-3-14(9-15)11-23;1-11(24)21-15-10-13(8-9-20-15)17-16(12-4-6-14(19)7-5-12)22-18(23(17)2)26(3)25/h6-17,19-20,22,45H,5,18,21H2,1-4H3,(H2,38,39,46);3-4,6,8,14-17,21,30H,5,7,9-13H2,1-2H3,(H,31,33)(H,32,35);2-6,9-10,12,17H,7-8,24H2,1H3,(H,26,29);4-10H,1-3H3,(H,20,21,24). The summed E-state index contributed by atoms with van der Waals surface area (Å²) in [5, 5.41) is 58.6. The molecule has 3 aliphatic rings. The van der Waals surface area contributed by atoms with Gasteiger partial charge in [-0.1, -0.05) is 130 Å². The number of imidazole rings is 1. The van der Waals surface area contributed by atoms with Crippen molar-refractivity contribution in [2.24, 2.45) is 7.05 Å². The molecule has 7 aromatic heterocycles. The molecule has 1 unspecified atom stereocenters. The number of benzene rings is 8. The van der Waals surface area contributed by atoms with Crippen molar-refractivity contribution in [2.45, 2.75) is 156 Å². The van der Waals surface area contributed by atoms with E-state index in [9.17, 15) is 46.9 Å². The first-order chi connectivity index (χ1) is 66.9. The average Bonchev–Trinajstić information content (AvgIpc) is 1.59. The summed E-state index contributed by atoms with van der Waals surface area (Å²) in [6.07, 6.45) is 18.4. The van der Waals surface area contributed by atoms with Crippen molar-refractivity contribution in [1.29, 1.82) is 5.26 Å². The van der Waals surface area contributed by atoms with Crippen LogP contribution in [0.5, 0.6) is 5.75 Å². The third kappa shape index (κ3) is 23.9. The van der Waals surface area contributed by atoms with E-state index in [1.54, 1.807) is 120 Å². The number of phenolic OH excluding ortho intramolecular Hbond substituents is 1. The minimum Gasteiger partial charge on any atom is -0.506 e. The van der Waals surface area contributed by atoms with Crippen molar-refractivity contribution in [2.75, 3.05) is 47.3 Å². The zero-order valence-corrected chi connectivity index (χ0v) is 81.3. The second-order valence-electron chi connectivity index (χ2n) is 34.9. The van der Waals surface area contributed by atoms with Gasteiger partial charge in [-0.2, -0.15) is 15.5 Å². The normalized spacial score (nSPS) is 13.1. The minimum absolute atomic E-state index is 0.0266. The van der Waals surface area contributed by atoms with Crippen molar-refractivity contribution in [3.63, 3.8) is 0 Å². The van der Waals surface area contributed by atoms with Crippen molar-refractivity contribution < 1.29 is 42.1 Å². The number of aromatic nitrogens is 12. The Kier molecular flexibility index (Phi) is 31.1. The second-order valence-corrected chi connectivity index (χ2v) is 38.8. The number of pyridine rings is 2. The van der Waals surface area contributed by atoms with Gasteiger partial charge in [0, 0.05) is 129 Å². The molecule has 35 heteroatoms. The summed E-state index contributed by atoms with van der Waals surface area (Å²) in [6.45, 7) is 14.5. The first kappa shape index (κ1) is 98.7. The van der Waals surface area contributed by atoms with Crippen molar-refractivity contribution in [1.82, 2.24) is 79.5 Å². The van der Waals surface area contributed by atoms with Crippen LogP contribution in [0, 0.1) is 36.8 Å². The van der Waals surface area contributed by atoms with Crippen molar-refractivity contribution in [3.05, 3.63) is 320 Å². The molecule has 8 aromatic carbocycles. The van der Waals surface area contributed by atoms with E-state index in [2.05, 4.69) is 132 Å². The third-order valence-electron chi connectivity index (χ3n) is 23.3. The number of rotatable bonds is 29. The number of amides is 5. The fourth-order valence-electron chi connectivity index (χ4n) is 15.5. The molecule has 0 aliphatic heterocycles. The number of aryl methyl sites for hydroxylation is 2. The van der Waals surface area contributed by atoms with Crippen LogP contribution in [0.4, 0.5) is 36.8 Å². The molecule has 3 fully saturated rings. The number of nitrogens with two attached hydrogens (primary N) is 1. The van der Waals surface area contributed by atoms with Gasteiger partial charge < -0.3 is 47.3 Å². The summed E-state index contributed by atoms with van der Waals surface area (Å²) in [7, 11) is 2.41. The topological polar surface area (TPSA) is 388 Å². The molecule has 0 bridgehead atoms. The van der Waals surface area contributed by atoms with Gasteiger partial charge in [0.05, 0.1) is 78.9 Å². The number of nitrogens with one attached hydrogen (secondary N) is 7. The smallest absolute Gasteiger partial charge is 0.320 e. The molecule has 3 aliphatic carbocycles. The van der Waals surface area contributed by atoms with E-state index in [0.717, 1.165) is 119 Å². The Morgan fingerprint density at radius 3 is 2.16 bits per heavy atom. The summed E-state index contributed by atoms with van der Waals surface area (Å²) in [4.78, 5) is 92.1. The molecule has 0 spiro atoms. The maximum atomic E-state index is 14.8. The lowest BCUT2D eigenvalue weighted by Gasteiger charge is -2.22. The second kappa shape index (κ2) is 43.7. The number of hydrogen-bond acceptors (Lipinski definition) is 21. The van der Waals surface area contributed by atoms with Crippen LogP contribution in [-0.4, -0.2) is 135 Å². The Balaban J connectivity index is 0.000000144. The number of halogens is 3. The number of ketones is 1. The van der Waals surface area contributed by atoms with E-state index in [0.29, 0.717) is 79.6 Å². The number of thioether (sulfide) groups is 1. The summed E-state index contributed by atoms with van der Waals surface area (Å²) in [5.74, 6) is 1.22. The quantitative estimate of drug-likeness (QED) is 0.0119. The van der Waals surface area contributed by atoms with Crippen LogP contribution in [0.3, 0.4) is 0 Å². The van der Waals surface area contributed by atoms with Crippen LogP contribution in [0.25, 0.3) is 56.6 Å². The van der Waals surface area contributed by atoms with Crippen LogP contribution in [0.2, 0.25) is 5.02 Å². The highest BCUT2D eigenvalue weighted by atomic mass is 35.5. The van der Waals surface area contributed by atoms with E-state index in [4.69, 9.17) is 27.7 Å². The number of nitrogen functional groups attached to an aromatic ring is 1. The molecular weight excluding hydrogens is 1840 g/mol. The predicted molar refractivity (Wildman–Crippen MR) is 539 cm³/mol. The molecule has 712 valence electrons. The molecule has 29 nitrogen and oxygen atoms in total. The van der Waals surface area contributed by atoms with E-state index < -0.39 is 16.6 Å². The number of fused-ring (bicyclic) bond motifs is 1. The van der Waals surface area contributed by atoms with Gasteiger partial charge in [0.2, 0.25) is 5.91 Å². The molecule has 1 atom stereocenters. The first-order valence-corrected chi connectivity index (χ1v) is 49.0. The number of nitriles is 1. The fourth-order valence-corrected chi connectivity index (χ4v) is 18.2. The zero-order valence-electron chi connectivity index (χ0n) is 78.1. The van der Waals surface area contributed by atoms with Crippen molar-refractivity contribution >= 4 is 104 Å². The highest BCUT2D eigenvalue weighted by Gasteiger charge is 2.46. The summed E-state index contributed by atoms with van der Waals surface area (Å²) in [5.41, 5.74) is 18.5. The molecule has 139 heavy (non-hydrogen) atoms. The lowest BCUT2D eigenvalue weighted by molar-refractivity contribution is -0.114. The Labute approximate surface area is 818 Å². The average molecular weight is 1950 g/mol. The van der Waals surface area contributed by atoms with Gasteiger partial charge in [-0.05, 0) is 228 Å². The van der Waals surface area contributed by atoms with Crippen LogP contribution < -0.4 is 48.5 Å². The Morgan fingerprint density at radius 1 is 0.748 bits per heavy atom. The lowest BCUT2D eigenvalue weighted by Crippen LogP contribution is -2.30. The summed E-state index contributed by atoms with van der Waals surface area (Å²) in [6, 6.07) is 61.4. The first-order valence-electron chi connectivity index (χ1n) is 45.2. The van der Waals surface area contributed by atoms with Gasteiger partial charge in [0.15, 0.2) is 28.2 Å². The molecule has 0 radical (unpaired) electrons. The van der Waals surface area contributed by atoms with Crippen LogP contribution in [-0.2, 0) is 46.6 Å². The summed E-state index contributed by atoms with van der Waals surface area (Å²) < 4.78 is 48.4.